The first-order chi connectivity index (χ1) is 9.96. The SMILES string of the molecule is CC(C)(C)OC(=O)N1CC=C(C2=CCCCC2)CC1.CO. The van der Waals surface area contributed by atoms with Crippen molar-refractivity contribution in [3.63, 3.8) is 0 Å². The summed E-state index contributed by atoms with van der Waals surface area (Å²) in [5, 5.41) is 7.00. The summed E-state index contributed by atoms with van der Waals surface area (Å²) in [5.41, 5.74) is 2.54. The molecule has 2 rings (SSSR count). The molecule has 1 aliphatic carbocycles. The number of rotatable bonds is 1. The predicted octanol–water partition coefficient (Wildman–Crippen LogP) is 3.66. The van der Waals surface area contributed by atoms with E-state index in [9.17, 15) is 4.79 Å². The summed E-state index contributed by atoms with van der Waals surface area (Å²) in [6, 6.07) is 0. The maximum Gasteiger partial charge on any atom is 0.410 e. The number of hydrogen-bond donors (Lipinski definition) is 1. The molecule has 0 unspecified atom stereocenters. The van der Waals surface area contributed by atoms with Gasteiger partial charge in [0.1, 0.15) is 5.60 Å². The van der Waals surface area contributed by atoms with E-state index >= 15 is 0 Å². The van der Waals surface area contributed by atoms with Crippen LogP contribution in [0.15, 0.2) is 23.3 Å². The molecular weight excluding hydrogens is 266 g/mol. The molecule has 1 amide bonds. The number of aliphatic hydroxyl groups excluding tert-OH is 1. The van der Waals surface area contributed by atoms with E-state index in [2.05, 4.69) is 12.2 Å². The predicted molar refractivity (Wildman–Crippen MR) is 85.2 cm³/mol. The summed E-state index contributed by atoms with van der Waals surface area (Å²) in [6.45, 7) is 7.18. The van der Waals surface area contributed by atoms with Gasteiger partial charge in [-0.05, 0) is 64.0 Å². The lowest BCUT2D eigenvalue weighted by atomic mass is 9.90. The van der Waals surface area contributed by atoms with Crippen LogP contribution >= 0.6 is 0 Å². The van der Waals surface area contributed by atoms with Crippen LogP contribution in [0.2, 0.25) is 0 Å². The van der Waals surface area contributed by atoms with Gasteiger partial charge in [0.2, 0.25) is 0 Å². The summed E-state index contributed by atoms with van der Waals surface area (Å²) in [4.78, 5) is 13.7. The van der Waals surface area contributed by atoms with Gasteiger partial charge in [-0.25, -0.2) is 4.79 Å². The van der Waals surface area contributed by atoms with Crippen LogP contribution in [0, 0.1) is 0 Å². The zero-order valence-corrected chi connectivity index (χ0v) is 13.8. The highest BCUT2D eigenvalue weighted by Crippen LogP contribution is 2.28. The van der Waals surface area contributed by atoms with E-state index in [0.29, 0.717) is 6.54 Å². The van der Waals surface area contributed by atoms with Crippen molar-refractivity contribution in [2.75, 3.05) is 20.2 Å². The molecule has 0 saturated carbocycles. The number of carbonyl (C=O) groups excluding carboxylic acids is 1. The van der Waals surface area contributed by atoms with Crippen LogP contribution in [0.1, 0.15) is 52.9 Å². The van der Waals surface area contributed by atoms with Crippen LogP contribution in [0.3, 0.4) is 0 Å². The molecule has 1 N–H and O–H groups in total. The Hall–Kier alpha value is -1.29. The van der Waals surface area contributed by atoms with Crippen LogP contribution in [0.4, 0.5) is 4.79 Å². The van der Waals surface area contributed by atoms with Crippen molar-refractivity contribution in [3.05, 3.63) is 23.3 Å². The topological polar surface area (TPSA) is 49.8 Å². The number of carbonyl (C=O) groups is 1. The summed E-state index contributed by atoms with van der Waals surface area (Å²) in [5.74, 6) is 0. The Morgan fingerprint density at radius 1 is 1.14 bits per heavy atom. The van der Waals surface area contributed by atoms with Gasteiger partial charge in [-0.2, -0.15) is 0 Å². The second kappa shape index (κ2) is 8.23. The molecule has 1 aliphatic heterocycles. The van der Waals surface area contributed by atoms with E-state index in [-0.39, 0.29) is 6.09 Å². The first kappa shape index (κ1) is 17.8. The minimum Gasteiger partial charge on any atom is -0.444 e. The van der Waals surface area contributed by atoms with Crippen molar-refractivity contribution in [2.45, 2.75) is 58.5 Å². The number of hydrogen-bond acceptors (Lipinski definition) is 3. The molecule has 0 atom stereocenters. The Bertz CT molecular complexity index is 405. The normalized spacial score (nSPS) is 19.0. The van der Waals surface area contributed by atoms with E-state index in [1.807, 2.05) is 20.8 Å². The highest BCUT2D eigenvalue weighted by molar-refractivity contribution is 5.68. The number of aliphatic hydroxyl groups is 1. The minimum atomic E-state index is -0.410. The molecule has 0 saturated heterocycles. The monoisotopic (exact) mass is 295 g/mol. The molecule has 0 aromatic heterocycles. The lowest BCUT2D eigenvalue weighted by Gasteiger charge is -2.30. The molecule has 2 aliphatic rings. The molecule has 21 heavy (non-hydrogen) atoms. The van der Waals surface area contributed by atoms with Crippen LogP contribution in [-0.2, 0) is 4.74 Å². The van der Waals surface area contributed by atoms with Gasteiger partial charge >= 0.3 is 6.09 Å². The Balaban J connectivity index is 0.00000106. The average Bonchev–Trinajstić information content (AvgIpc) is 2.49. The van der Waals surface area contributed by atoms with Gasteiger partial charge in [-0.3, -0.25) is 0 Å². The molecule has 0 aromatic carbocycles. The second-order valence-corrected chi connectivity index (χ2v) is 6.38. The number of amides is 1. The standard InChI is InChI=1S/C16H25NO2.CH4O/c1-16(2,3)19-15(18)17-11-9-14(10-12-17)13-7-5-4-6-8-13;1-2/h7,9H,4-6,8,10-12H2,1-3H3;2H,1H3. The highest BCUT2D eigenvalue weighted by atomic mass is 16.6. The lowest BCUT2D eigenvalue weighted by molar-refractivity contribution is 0.0266. The van der Waals surface area contributed by atoms with Crippen LogP contribution in [-0.4, -0.2) is 41.9 Å². The Morgan fingerprint density at radius 2 is 1.81 bits per heavy atom. The van der Waals surface area contributed by atoms with Crippen molar-refractivity contribution in [1.82, 2.24) is 4.90 Å². The average molecular weight is 295 g/mol. The quantitative estimate of drug-likeness (QED) is 0.803. The van der Waals surface area contributed by atoms with Gasteiger partial charge in [0.25, 0.3) is 0 Å². The van der Waals surface area contributed by atoms with Gasteiger partial charge in [0.05, 0.1) is 0 Å². The first-order valence-electron chi connectivity index (χ1n) is 7.77. The third kappa shape index (κ3) is 5.92. The molecule has 0 spiro atoms. The maximum atomic E-state index is 12.0. The Labute approximate surface area is 128 Å². The van der Waals surface area contributed by atoms with Crippen molar-refractivity contribution >= 4 is 6.09 Å². The van der Waals surface area contributed by atoms with E-state index in [0.717, 1.165) is 20.1 Å². The van der Waals surface area contributed by atoms with Crippen LogP contribution < -0.4 is 0 Å². The molecule has 4 heteroatoms. The number of allylic oxidation sites excluding steroid dienone is 2. The summed E-state index contributed by atoms with van der Waals surface area (Å²) >= 11 is 0. The maximum absolute atomic E-state index is 12.0. The first-order valence-corrected chi connectivity index (χ1v) is 7.77. The molecule has 0 radical (unpaired) electrons. The zero-order chi connectivity index (χ0) is 15.9. The van der Waals surface area contributed by atoms with Crippen molar-refractivity contribution in [3.8, 4) is 0 Å². The lowest BCUT2D eigenvalue weighted by Crippen LogP contribution is -2.39. The van der Waals surface area contributed by atoms with E-state index in [1.54, 1.807) is 4.90 Å². The van der Waals surface area contributed by atoms with Crippen molar-refractivity contribution in [2.24, 2.45) is 0 Å². The van der Waals surface area contributed by atoms with E-state index < -0.39 is 5.60 Å². The third-order valence-corrected chi connectivity index (χ3v) is 3.56. The van der Waals surface area contributed by atoms with Crippen LogP contribution in [0.25, 0.3) is 0 Å². The van der Waals surface area contributed by atoms with Gasteiger partial charge in [-0.1, -0.05) is 12.2 Å². The molecule has 1 heterocycles. The summed E-state index contributed by atoms with van der Waals surface area (Å²) < 4.78 is 5.40. The van der Waals surface area contributed by atoms with Gasteiger partial charge < -0.3 is 14.7 Å². The second-order valence-electron chi connectivity index (χ2n) is 6.38. The molecule has 120 valence electrons. The van der Waals surface area contributed by atoms with Crippen molar-refractivity contribution < 1.29 is 14.6 Å². The molecular formula is C17H29NO3. The van der Waals surface area contributed by atoms with E-state index in [4.69, 9.17) is 9.84 Å². The zero-order valence-electron chi connectivity index (χ0n) is 13.8. The molecule has 0 fully saturated rings. The van der Waals surface area contributed by atoms with Gasteiger partial charge in [-0.15, -0.1) is 0 Å². The fraction of sp³-hybridized carbons (Fsp3) is 0.706. The number of nitrogens with zero attached hydrogens (tertiary/aromatic N) is 1. The summed E-state index contributed by atoms with van der Waals surface area (Å²) in [7, 11) is 1.00. The van der Waals surface area contributed by atoms with Gasteiger partial charge in [0, 0.05) is 20.2 Å². The molecule has 0 bridgehead atoms. The Morgan fingerprint density at radius 3 is 2.29 bits per heavy atom. The fourth-order valence-corrected chi connectivity index (χ4v) is 2.58. The smallest absolute Gasteiger partial charge is 0.410 e. The van der Waals surface area contributed by atoms with Crippen LogP contribution in [0.5, 0.6) is 0 Å². The van der Waals surface area contributed by atoms with Crippen molar-refractivity contribution in [1.29, 1.82) is 0 Å². The van der Waals surface area contributed by atoms with E-state index in [1.165, 1.54) is 36.8 Å². The molecule has 4 nitrogen and oxygen atoms in total. The largest absolute Gasteiger partial charge is 0.444 e. The van der Waals surface area contributed by atoms with Gasteiger partial charge in [0.15, 0.2) is 0 Å². The fourth-order valence-electron chi connectivity index (χ4n) is 2.58. The molecule has 0 aromatic rings. The highest BCUT2D eigenvalue weighted by Gasteiger charge is 2.24. The summed E-state index contributed by atoms with van der Waals surface area (Å²) in [6.07, 6.45) is 10.4. The Kier molecular flexibility index (Phi) is 6.96. The number of ether oxygens (including phenoxy) is 1. The minimum absolute atomic E-state index is 0.194. The third-order valence-electron chi connectivity index (χ3n) is 3.56.